The molecule has 0 aliphatic carbocycles. The van der Waals surface area contributed by atoms with Crippen LogP contribution in [0.5, 0.6) is 11.5 Å². The Labute approximate surface area is 168 Å². The Morgan fingerprint density at radius 1 is 1.04 bits per heavy atom. The molecule has 1 aliphatic heterocycles. The van der Waals surface area contributed by atoms with Crippen molar-refractivity contribution in [3.8, 4) is 11.5 Å². The van der Waals surface area contributed by atoms with E-state index in [4.69, 9.17) is 27.0 Å². The minimum atomic E-state index is -3.75. The molecule has 1 heterocycles. The Bertz CT molecular complexity index is 922. The Morgan fingerprint density at radius 3 is 2.11 bits per heavy atom. The lowest BCUT2D eigenvalue weighted by Crippen LogP contribution is -2.44. The molecule has 0 saturated carbocycles. The van der Waals surface area contributed by atoms with E-state index in [1.807, 2.05) is 0 Å². The number of hydrogen-bond acceptors (Lipinski definition) is 7. The van der Waals surface area contributed by atoms with Crippen molar-refractivity contribution in [2.24, 2.45) is 11.3 Å². The lowest BCUT2D eigenvalue weighted by molar-refractivity contribution is -0.160. The fraction of sp³-hybridized carbons (Fsp3) is 0.316. The third kappa shape index (κ3) is 4.64. The van der Waals surface area contributed by atoms with Crippen LogP contribution in [-0.4, -0.2) is 33.4 Å². The summed E-state index contributed by atoms with van der Waals surface area (Å²) in [6.07, 6.45) is 0.472. The number of benzene rings is 2. The second-order valence-corrected chi connectivity index (χ2v) is 9.01. The van der Waals surface area contributed by atoms with E-state index < -0.39 is 27.0 Å². The largest absolute Gasteiger partial charge is 0.457 e. The standard InChI is InChI=1S/C19H20ClNO6S/c20-14-1-3-15(4-2-14)26-16-5-7-17(8-6-16)28(23,24)13-19(18(22)27-21)9-11-25-12-10-19/h1-8H,9-13,21H2. The van der Waals surface area contributed by atoms with Crippen LogP contribution in [0.1, 0.15) is 12.8 Å². The minimum Gasteiger partial charge on any atom is -0.457 e. The van der Waals surface area contributed by atoms with E-state index in [2.05, 4.69) is 4.84 Å². The van der Waals surface area contributed by atoms with Crippen molar-refractivity contribution in [3.05, 3.63) is 53.6 Å². The number of nitrogens with two attached hydrogens (primary N) is 1. The van der Waals surface area contributed by atoms with Crippen molar-refractivity contribution in [2.75, 3.05) is 19.0 Å². The molecule has 2 aromatic carbocycles. The first-order valence-electron chi connectivity index (χ1n) is 8.60. The van der Waals surface area contributed by atoms with E-state index in [0.717, 1.165) is 0 Å². The van der Waals surface area contributed by atoms with Crippen LogP contribution in [0.3, 0.4) is 0 Å². The van der Waals surface area contributed by atoms with Gasteiger partial charge in [-0.3, -0.25) is 0 Å². The minimum absolute atomic E-state index is 0.0895. The van der Waals surface area contributed by atoms with Gasteiger partial charge in [-0.2, -0.15) is 5.90 Å². The Morgan fingerprint density at radius 2 is 1.57 bits per heavy atom. The van der Waals surface area contributed by atoms with Gasteiger partial charge in [0.15, 0.2) is 9.84 Å². The second kappa shape index (κ2) is 8.48. The normalized spacial score (nSPS) is 16.4. The van der Waals surface area contributed by atoms with E-state index in [-0.39, 0.29) is 31.0 Å². The van der Waals surface area contributed by atoms with E-state index in [1.54, 1.807) is 36.4 Å². The monoisotopic (exact) mass is 425 g/mol. The smallest absolute Gasteiger partial charge is 0.331 e. The maximum atomic E-state index is 12.9. The van der Waals surface area contributed by atoms with E-state index in [1.165, 1.54) is 12.1 Å². The molecular formula is C19H20ClNO6S. The molecular weight excluding hydrogens is 406 g/mol. The van der Waals surface area contributed by atoms with Crippen molar-refractivity contribution < 1.29 is 27.5 Å². The number of sulfone groups is 1. The van der Waals surface area contributed by atoms with Crippen molar-refractivity contribution in [1.29, 1.82) is 0 Å². The molecule has 0 amide bonds. The summed E-state index contributed by atoms with van der Waals surface area (Å²) >= 11 is 5.84. The van der Waals surface area contributed by atoms with Gasteiger partial charge in [-0.15, -0.1) is 0 Å². The van der Waals surface area contributed by atoms with Crippen molar-refractivity contribution in [1.82, 2.24) is 0 Å². The molecule has 0 spiro atoms. The van der Waals surface area contributed by atoms with Gasteiger partial charge in [0.05, 0.1) is 16.1 Å². The van der Waals surface area contributed by atoms with Gasteiger partial charge in [0, 0.05) is 18.2 Å². The number of carbonyl (C=O) groups is 1. The summed E-state index contributed by atoms with van der Waals surface area (Å²) in [4.78, 5) is 16.7. The Kier molecular flexibility index (Phi) is 6.24. The highest BCUT2D eigenvalue weighted by Crippen LogP contribution is 2.35. The topological polar surface area (TPSA) is 105 Å². The Balaban J connectivity index is 1.77. The highest BCUT2D eigenvalue weighted by atomic mass is 35.5. The SMILES string of the molecule is NOC(=O)C1(CS(=O)(=O)c2ccc(Oc3ccc(Cl)cc3)cc2)CCOCC1. The van der Waals surface area contributed by atoms with Crippen molar-refractivity contribution >= 4 is 27.4 Å². The highest BCUT2D eigenvalue weighted by Gasteiger charge is 2.45. The third-order valence-electron chi connectivity index (χ3n) is 4.69. The van der Waals surface area contributed by atoms with E-state index >= 15 is 0 Å². The van der Waals surface area contributed by atoms with Crippen molar-refractivity contribution in [3.63, 3.8) is 0 Å². The molecule has 28 heavy (non-hydrogen) atoms. The van der Waals surface area contributed by atoms with Crippen LogP contribution in [0.15, 0.2) is 53.4 Å². The molecule has 0 unspecified atom stereocenters. The summed E-state index contributed by atoms with van der Waals surface area (Å²) < 4.78 is 36.7. The average Bonchev–Trinajstić information content (AvgIpc) is 2.70. The first-order chi connectivity index (χ1) is 13.3. The first-order valence-corrected chi connectivity index (χ1v) is 10.6. The molecule has 1 aliphatic rings. The van der Waals surface area contributed by atoms with Gasteiger partial charge in [0.2, 0.25) is 0 Å². The zero-order valence-corrected chi connectivity index (χ0v) is 16.5. The maximum Gasteiger partial charge on any atom is 0.331 e. The quantitative estimate of drug-likeness (QED) is 0.709. The fourth-order valence-electron chi connectivity index (χ4n) is 3.10. The molecule has 7 nitrogen and oxygen atoms in total. The number of rotatable bonds is 6. The van der Waals surface area contributed by atoms with Crippen molar-refractivity contribution in [2.45, 2.75) is 17.7 Å². The molecule has 0 bridgehead atoms. The zero-order valence-electron chi connectivity index (χ0n) is 15.0. The molecule has 1 fully saturated rings. The third-order valence-corrected chi connectivity index (χ3v) is 6.86. The zero-order chi connectivity index (χ0) is 20.2. The fourth-order valence-corrected chi connectivity index (χ4v) is 5.07. The predicted molar refractivity (Wildman–Crippen MR) is 103 cm³/mol. The summed E-state index contributed by atoms with van der Waals surface area (Å²) in [5, 5.41) is 0.590. The van der Waals surface area contributed by atoms with Gasteiger partial charge in [0.25, 0.3) is 0 Å². The van der Waals surface area contributed by atoms with Gasteiger partial charge < -0.3 is 14.3 Å². The van der Waals surface area contributed by atoms with Gasteiger partial charge in [-0.05, 0) is 61.4 Å². The number of ether oxygens (including phenoxy) is 2. The predicted octanol–water partition coefficient (Wildman–Crippen LogP) is 3.12. The molecule has 9 heteroatoms. The lowest BCUT2D eigenvalue weighted by Gasteiger charge is -2.33. The molecule has 2 N–H and O–H groups in total. The molecule has 1 saturated heterocycles. The van der Waals surface area contributed by atoms with Gasteiger partial charge in [-0.1, -0.05) is 11.6 Å². The van der Waals surface area contributed by atoms with Crippen LogP contribution in [0, 0.1) is 5.41 Å². The van der Waals surface area contributed by atoms with Gasteiger partial charge in [-0.25, -0.2) is 13.2 Å². The van der Waals surface area contributed by atoms with Crippen LogP contribution in [0.4, 0.5) is 0 Å². The summed E-state index contributed by atoms with van der Waals surface area (Å²) in [6, 6.07) is 12.8. The maximum absolute atomic E-state index is 12.9. The number of halogens is 1. The summed E-state index contributed by atoms with van der Waals surface area (Å²) in [5.41, 5.74) is -1.20. The van der Waals surface area contributed by atoms with E-state index in [0.29, 0.717) is 16.5 Å². The van der Waals surface area contributed by atoms with Crippen LogP contribution in [0.2, 0.25) is 5.02 Å². The van der Waals surface area contributed by atoms with E-state index in [9.17, 15) is 13.2 Å². The van der Waals surface area contributed by atoms with Crippen LogP contribution < -0.4 is 10.6 Å². The molecule has 3 rings (SSSR count). The lowest BCUT2D eigenvalue weighted by atomic mass is 9.82. The second-order valence-electron chi connectivity index (χ2n) is 6.58. The summed E-state index contributed by atoms with van der Waals surface area (Å²) in [6.45, 7) is 0.553. The molecule has 2 aromatic rings. The highest BCUT2D eigenvalue weighted by molar-refractivity contribution is 7.91. The summed E-state index contributed by atoms with van der Waals surface area (Å²) in [5.74, 6) is 4.96. The van der Waals surface area contributed by atoms with Gasteiger partial charge >= 0.3 is 5.97 Å². The van der Waals surface area contributed by atoms with Crippen LogP contribution in [-0.2, 0) is 24.2 Å². The molecule has 0 radical (unpaired) electrons. The Hall–Kier alpha value is -2.13. The molecule has 0 aromatic heterocycles. The number of carbonyl (C=O) groups excluding carboxylic acids is 1. The first kappa shape index (κ1) is 20.6. The van der Waals surface area contributed by atoms with Crippen LogP contribution in [0.25, 0.3) is 0 Å². The average molecular weight is 426 g/mol. The van der Waals surface area contributed by atoms with Gasteiger partial charge in [0.1, 0.15) is 11.5 Å². The summed E-state index contributed by atoms with van der Waals surface area (Å²) in [7, 11) is -3.75. The molecule has 0 atom stereocenters. The van der Waals surface area contributed by atoms with Crippen LogP contribution >= 0.6 is 11.6 Å². The number of hydrogen-bond donors (Lipinski definition) is 1. The molecule has 150 valence electrons.